The molecule has 0 aromatic heterocycles. The minimum Gasteiger partial charge on any atom is -0.323 e. The first-order valence-electron chi connectivity index (χ1n) is 3.58. The van der Waals surface area contributed by atoms with E-state index in [1.54, 1.807) is 0 Å². The Balaban J connectivity index is 2.65. The zero-order chi connectivity index (χ0) is 9.14. The zero-order valence-electron chi connectivity index (χ0n) is 6.33. The van der Waals surface area contributed by atoms with Crippen LogP contribution in [0.15, 0.2) is 0 Å². The van der Waals surface area contributed by atoms with Crippen molar-refractivity contribution in [1.82, 2.24) is 4.90 Å². The highest BCUT2D eigenvalue weighted by molar-refractivity contribution is 6.27. The molecule has 1 unspecified atom stereocenters. The van der Waals surface area contributed by atoms with Crippen LogP contribution in [0.5, 0.6) is 0 Å². The molecule has 1 heterocycles. The van der Waals surface area contributed by atoms with Crippen LogP contribution in [0.3, 0.4) is 0 Å². The summed E-state index contributed by atoms with van der Waals surface area (Å²) in [5.74, 6) is -0.561. The van der Waals surface area contributed by atoms with E-state index in [2.05, 4.69) is 0 Å². The molecule has 1 saturated heterocycles. The van der Waals surface area contributed by atoms with Crippen LogP contribution in [0.4, 0.5) is 4.39 Å². The molecule has 1 rings (SSSR count). The molecule has 2 atom stereocenters. The van der Waals surface area contributed by atoms with Gasteiger partial charge < -0.3 is 4.90 Å². The van der Waals surface area contributed by atoms with E-state index in [1.165, 1.54) is 4.90 Å². The number of rotatable bonds is 1. The summed E-state index contributed by atoms with van der Waals surface area (Å²) < 4.78 is 12.7. The topological polar surface area (TPSA) is 44.1 Å². The maximum absolute atomic E-state index is 12.7. The summed E-state index contributed by atoms with van der Waals surface area (Å²) >= 11 is 5.28. The van der Waals surface area contributed by atoms with E-state index in [9.17, 15) is 9.18 Å². The van der Waals surface area contributed by atoms with Crippen molar-refractivity contribution < 1.29 is 9.18 Å². The second-order valence-corrected chi connectivity index (χ2v) is 2.92. The van der Waals surface area contributed by atoms with E-state index >= 15 is 0 Å². The SMILES string of the molecule is N#C[C@@H]1CC(F)CN1C(=O)CCl. The lowest BCUT2D eigenvalue weighted by molar-refractivity contribution is -0.128. The van der Waals surface area contributed by atoms with E-state index in [4.69, 9.17) is 16.9 Å². The number of hydrogen-bond acceptors (Lipinski definition) is 2. The van der Waals surface area contributed by atoms with Crippen LogP contribution >= 0.6 is 11.6 Å². The number of carbonyl (C=O) groups excluding carboxylic acids is 1. The van der Waals surface area contributed by atoms with Crippen LogP contribution in [-0.2, 0) is 4.79 Å². The van der Waals surface area contributed by atoms with Crippen molar-refractivity contribution in [2.45, 2.75) is 18.6 Å². The molecule has 0 aromatic carbocycles. The number of carbonyl (C=O) groups is 1. The van der Waals surface area contributed by atoms with Crippen molar-refractivity contribution >= 4 is 17.5 Å². The first-order valence-corrected chi connectivity index (χ1v) is 4.11. The van der Waals surface area contributed by atoms with Crippen LogP contribution in [0, 0.1) is 11.3 Å². The minimum atomic E-state index is -1.08. The minimum absolute atomic E-state index is 0.00375. The Morgan fingerprint density at radius 3 is 3.00 bits per heavy atom. The van der Waals surface area contributed by atoms with Crippen molar-refractivity contribution in [3.63, 3.8) is 0 Å². The summed E-state index contributed by atoms with van der Waals surface area (Å²) in [6, 6.07) is 1.23. The van der Waals surface area contributed by atoms with Gasteiger partial charge in [-0.2, -0.15) is 5.26 Å². The van der Waals surface area contributed by atoms with Gasteiger partial charge in [-0.1, -0.05) is 0 Å². The lowest BCUT2D eigenvalue weighted by Gasteiger charge is -2.16. The number of hydrogen-bond donors (Lipinski definition) is 0. The molecule has 1 fully saturated rings. The largest absolute Gasteiger partial charge is 0.323 e. The lowest BCUT2D eigenvalue weighted by Crippen LogP contribution is -2.35. The molecule has 0 saturated carbocycles. The molecule has 1 aliphatic heterocycles. The third-order valence-corrected chi connectivity index (χ3v) is 2.06. The average molecular weight is 191 g/mol. The molecule has 5 heteroatoms. The third kappa shape index (κ3) is 1.67. The molecule has 1 aliphatic rings. The Labute approximate surface area is 74.7 Å². The van der Waals surface area contributed by atoms with Crippen LogP contribution in [0.1, 0.15) is 6.42 Å². The Hall–Kier alpha value is -0.820. The predicted octanol–water partition coefficient (Wildman–Crippen LogP) is 0.688. The number of nitriles is 1. The first-order chi connectivity index (χ1) is 5.69. The van der Waals surface area contributed by atoms with Crippen LogP contribution in [0.2, 0.25) is 0 Å². The second kappa shape index (κ2) is 3.72. The monoisotopic (exact) mass is 190 g/mol. The maximum atomic E-state index is 12.7. The number of alkyl halides is 2. The summed E-state index contributed by atoms with van der Waals surface area (Å²) in [5.41, 5.74) is 0. The summed E-state index contributed by atoms with van der Waals surface area (Å²) in [7, 11) is 0. The van der Waals surface area contributed by atoms with E-state index in [-0.39, 0.29) is 24.8 Å². The van der Waals surface area contributed by atoms with Gasteiger partial charge in [0.25, 0.3) is 0 Å². The van der Waals surface area contributed by atoms with Gasteiger partial charge in [-0.3, -0.25) is 4.79 Å². The Morgan fingerprint density at radius 2 is 2.50 bits per heavy atom. The molecule has 0 spiro atoms. The van der Waals surface area contributed by atoms with Gasteiger partial charge in [0.1, 0.15) is 18.1 Å². The molecule has 0 N–H and O–H groups in total. The van der Waals surface area contributed by atoms with Gasteiger partial charge >= 0.3 is 0 Å². The van der Waals surface area contributed by atoms with Crippen molar-refractivity contribution in [2.75, 3.05) is 12.4 Å². The van der Waals surface area contributed by atoms with Gasteiger partial charge in [-0.05, 0) is 0 Å². The van der Waals surface area contributed by atoms with Crippen LogP contribution in [-0.4, -0.2) is 35.4 Å². The molecule has 1 amide bonds. The molecule has 0 bridgehead atoms. The van der Waals surface area contributed by atoms with Gasteiger partial charge in [-0.25, -0.2) is 4.39 Å². The van der Waals surface area contributed by atoms with Crippen LogP contribution in [0.25, 0.3) is 0 Å². The first kappa shape index (κ1) is 9.27. The highest BCUT2D eigenvalue weighted by Gasteiger charge is 2.34. The van der Waals surface area contributed by atoms with Gasteiger partial charge in [0, 0.05) is 6.42 Å². The molecule has 0 aliphatic carbocycles. The Bertz CT molecular complexity index is 228. The lowest BCUT2D eigenvalue weighted by atomic mass is 10.2. The number of amides is 1. The fourth-order valence-electron chi connectivity index (χ4n) is 1.26. The second-order valence-electron chi connectivity index (χ2n) is 2.66. The van der Waals surface area contributed by atoms with E-state index in [1.807, 2.05) is 6.07 Å². The van der Waals surface area contributed by atoms with E-state index < -0.39 is 12.2 Å². The van der Waals surface area contributed by atoms with E-state index in [0.717, 1.165) is 0 Å². The van der Waals surface area contributed by atoms with Crippen molar-refractivity contribution in [2.24, 2.45) is 0 Å². The maximum Gasteiger partial charge on any atom is 0.238 e. The van der Waals surface area contributed by atoms with Gasteiger partial charge in [0.15, 0.2) is 0 Å². The van der Waals surface area contributed by atoms with Crippen molar-refractivity contribution in [1.29, 1.82) is 5.26 Å². The summed E-state index contributed by atoms with van der Waals surface area (Å²) in [4.78, 5) is 12.2. The molecule has 0 aromatic rings. The summed E-state index contributed by atoms with van der Waals surface area (Å²) in [5, 5.41) is 8.54. The van der Waals surface area contributed by atoms with E-state index in [0.29, 0.717) is 0 Å². The van der Waals surface area contributed by atoms with Gasteiger partial charge in [-0.15, -0.1) is 11.6 Å². The average Bonchev–Trinajstić information content (AvgIpc) is 2.45. The molecule has 3 nitrogen and oxygen atoms in total. The smallest absolute Gasteiger partial charge is 0.238 e. The molecular weight excluding hydrogens is 183 g/mol. The number of likely N-dealkylation sites (tertiary alicyclic amines) is 1. The van der Waals surface area contributed by atoms with Gasteiger partial charge in [0.2, 0.25) is 5.91 Å². The molecule has 66 valence electrons. The predicted molar refractivity (Wildman–Crippen MR) is 41.3 cm³/mol. The highest BCUT2D eigenvalue weighted by Crippen LogP contribution is 2.19. The third-order valence-electron chi connectivity index (χ3n) is 1.83. The van der Waals surface area contributed by atoms with Gasteiger partial charge in [0.05, 0.1) is 12.6 Å². The number of halogens is 2. The fraction of sp³-hybridized carbons (Fsp3) is 0.714. The molecular formula is C7H8ClFN2O. The van der Waals surface area contributed by atoms with Crippen molar-refractivity contribution in [3.8, 4) is 6.07 Å². The normalized spacial score (nSPS) is 28.6. The Kier molecular flexibility index (Phi) is 2.88. The Morgan fingerprint density at radius 1 is 1.83 bits per heavy atom. The molecule has 0 radical (unpaired) electrons. The summed E-state index contributed by atoms with van der Waals surface area (Å²) in [6.45, 7) is 0.00375. The standard InChI is InChI=1S/C7H8ClFN2O/c8-2-7(12)11-4-5(9)1-6(11)3-10/h5-6H,1-2,4H2/t5?,6-/m0/s1. The van der Waals surface area contributed by atoms with Crippen LogP contribution < -0.4 is 0 Å². The summed E-state index contributed by atoms with van der Waals surface area (Å²) in [6.07, 6.45) is -0.971. The highest BCUT2D eigenvalue weighted by atomic mass is 35.5. The van der Waals surface area contributed by atoms with Crippen molar-refractivity contribution in [3.05, 3.63) is 0 Å². The fourth-order valence-corrected chi connectivity index (χ4v) is 1.41. The number of nitrogens with zero attached hydrogens (tertiary/aromatic N) is 2. The molecule has 12 heavy (non-hydrogen) atoms. The zero-order valence-corrected chi connectivity index (χ0v) is 7.09. The quantitative estimate of drug-likeness (QED) is 0.571.